The van der Waals surface area contributed by atoms with E-state index in [1.54, 1.807) is 6.20 Å². The van der Waals surface area contributed by atoms with E-state index in [9.17, 15) is 0 Å². The highest BCUT2D eigenvalue weighted by Crippen LogP contribution is 1.99. The Morgan fingerprint density at radius 1 is 1.44 bits per heavy atom. The number of hydrogen-bond acceptors (Lipinski definition) is 4. The van der Waals surface area contributed by atoms with E-state index in [0.717, 1.165) is 24.5 Å². The van der Waals surface area contributed by atoms with Crippen molar-refractivity contribution in [3.05, 3.63) is 30.1 Å². The molecule has 18 heavy (non-hydrogen) atoms. The van der Waals surface area contributed by atoms with E-state index in [2.05, 4.69) is 15.5 Å². The molecule has 0 aromatic carbocycles. The number of hydrogen-bond donors (Lipinski definition) is 1. The van der Waals surface area contributed by atoms with Gasteiger partial charge in [0.1, 0.15) is 0 Å². The number of thiocarbonyl (C=S) groups is 1. The lowest BCUT2D eigenvalue weighted by Gasteiger charge is -2.28. The summed E-state index contributed by atoms with van der Waals surface area (Å²) >= 11 is 5.27. The molecule has 2 rings (SSSR count). The molecule has 6 heteroatoms. The third-order valence-electron chi connectivity index (χ3n) is 2.65. The first-order chi connectivity index (χ1) is 8.77. The molecular formula is C12H16N4OS. The monoisotopic (exact) mass is 264 g/mol. The van der Waals surface area contributed by atoms with Crippen LogP contribution in [0.5, 0.6) is 0 Å². The van der Waals surface area contributed by atoms with Crippen molar-refractivity contribution in [2.24, 2.45) is 5.10 Å². The second-order valence-corrected chi connectivity index (χ2v) is 4.32. The minimum atomic E-state index is 0.633. The number of nitrogens with zero attached hydrogens (tertiary/aromatic N) is 3. The highest BCUT2D eigenvalue weighted by molar-refractivity contribution is 7.80. The molecule has 0 amide bonds. The summed E-state index contributed by atoms with van der Waals surface area (Å²) in [5, 5.41) is 4.88. The largest absolute Gasteiger partial charge is 0.378 e. The molecule has 1 N–H and O–H groups in total. The van der Waals surface area contributed by atoms with Crippen molar-refractivity contribution in [3.8, 4) is 0 Å². The lowest BCUT2D eigenvalue weighted by atomic mass is 10.3. The molecule has 0 saturated carbocycles. The van der Waals surface area contributed by atoms with Gasteiger partial charge in [-0.1, -0.05) is 6.07 Å². The highest BCUT2D eigenvalue weighted by atomic mass is 32.1. The van der Waals surface area contributed by atoms with Gasteiger partial charge in [-0.3, -0.25) is 10.4 Å². The summed E-state index contributed by atoms with van der Waals surface area (Å²) in [7, 11) is 0. The second kappa shape index (κ2) is 6.42. The van der Waals surface area contributed by atoms with E-state index in [1.807, 2.05) is 30.0 Å². The summed E-state index contributed by atoms with van der Waals surface area (Å²) in [6.45, 7) is 4.95. The SMILES string of the molecule is C/C(=N\NC(=S)N1CCOCC1)c1ccccn1. The Hall–Kier alpha value is -1.53. The Bertz CT molecular complexity index is 429. The molecule has 0 unspecified atom stereocenters. The maximum atomic E-state index is 5.27. The molecule has 1 aliphatic rings. The van der Waals surface area contributed by atoms with Crippen LogP contribution in [0, 0.1) is 0 Å². The molecule has 0 spiro atoms. The van der Waals surface area contributed by atoms with Gasteiger partial charge >= 0.3 is 0 Å². The first-order valence-electron chi connectivity index (χ1n) is 5.86. The van der Waals surface area contributed by atoms with Crippen LogP contribution in [-0.2, 0) is 4.74 Å². The summed E-state index contributed by atoms with van der Waals surface area (Å²) in [6.07, 6.45) is 1.74. The molecule has 0 aliphatic carbocycles. The zero-order chi connectivity index (χ0) is 12.8. The van der Waals surface area contributed by atoms with Crippen molar-refractivity contribution < 1.29 is 4.74 Å². The Labute approximate surface area is 112 Å². The summed E-state index contributed by atoms with van der Waals surface area (Å²) in [6, 6.07) is 5.72. The van der Waals surface area contributed by atoms with Crippen LogP contribution in [0.1, 0.15) is 12.6 Å². The second-order valence-electron chi connectivity index (χ2n) is 3.93. The zero-order valence-corrected chi connectivity index (χ0v) is 11.1. The van der Waals surface area contributed by atoms with Crippen LogP contribution in [-0.4, -0.2) is 47.0 Å². The summed E-state index contributed by atoms with van der Waals surface area (Å²) in [5.74, 6) is 0. The molecule has 5 nitrogen and oxygen atoms in total. The number of morpholine rings is 1. The van der Waals surface area contributed by atoms with Crippen LogP contribution in [0.3, 0.4) is 0 Å². The number of ether oxygens (including phenoxy) is 1. The fraction of sp³-hybridized carbons (Fsp3) is 0.417. The fourth-order valence-electron chi connectivity index (χ4n) is 1.60. The quantitative estimate of drug-likeness (QED) is 0.491. The smallest absolute Gasteiger partial charge is 0.189 e. The van der Waals surface area contributed by atoms with Crippen molar-refractivity contribution in [1.29, 1.82) is 0 Å². The molecule has 1 aliphatic heterocycles. The van der Waals surface area contributed by atoms with E-state index < -0.39 is 0 Å². The molecule has 0 radical (unpaired) electrons. The topological polar surface area (TPSA) is 49.8 Å². The lowest BCUT2D eigenvalue weighted by Crippen LogP contribution is -2.44. The van der Waals surface area contributed by atoms with E-state index in [4.69, 9.17) is 17.0 Å². The maximum Gasteiger partial charge on any atom is 0.189 e. The highest BCUT2D eigenvalue weighted by Gasteiger charge is 2.12. The molecule has 1 saturated heterocycles. The van der Waals surface area contributed by atoms with Crippen LogP contribution >= 0.6 is 12.2 Å². The molecule has 2 heterocycles. The molecular weight excluding hydrogens is 248 g/mol. The van der Waals surface area contributed by atoms with Gasteiger partial charge in [-0.05, 0) is 31.3 Å². The van der Waals surface area contributed by atoms with Gasteiger partial charge in [0.25, 0.3) is 0 Å². The van der Waals surface area contributed by atoms with E-state index in [-0.39, 0.29) is 0 Å². The van der Waals surface area contributed by atoms with E-state index in [0.29, 0.717) is 18.3 Å². The summed E-state index contributed by atoms with van der Waals surface area (Å²) < 4.78 is 5.27. The van der Waals surface area contributed by atoms with Gasteiger partial charge in [0.15, 0.2) is 5.11 Å². The first kappa shape index (κ1) is 12.9. The summed E-state index contributed by atoms with van der Waals surface area (Å²) in [4.78, 5) is 6.27. The third-order valence-corrected chi connectivity index (χ3v) is 3.00. The van der Waals surface area contributed by atoms with E-state index >= 15 is 0 Å². The number of rotatable bonds is 2. The average Bonchev–Trinajstić information content (AvgIpc) is 2.46. The van der Waals surface area contributed by atoms with E-state index in [1.165, 1.54) is 0 Å². The standard InChI is InChI=1S/C12H16N4OS/c1-10(11-4-2-3-5-13-11)14-15-12(18)16-6-8-17-9-7-16/h2-5H,6-9H2,1H3,(H,15,18)/b14-10+. The van der Waals surface area contributed by atoms with Gasteiger partial charge in [-0.2, -0.15) is 5.10 Å². The minimum absolute atomic E-state index is 0.633. The third kappa shape index (κ3) is 3.48. The van der Waals surface area contributed by atoms with Gasteiger partial charge < -0.3 is 9.64 Å². The van der Waals surface area contributed by atoms with Gasteiger partial charge in [0.05, 0.1) is 24.6 Å². The molecule has 1 aromatic heterocycles. The van der Waals surface area contributed by atoms with Crippen LogP contribution < -0.4 is 5.43 Å². The van der Waals surface area contributed by atoms with Gasteiger partial charge in [-0.25, -0.2) is 0 Å². The zero-order valence-electron chi connectivity index (χ0n) is 10.3. The van der Waals surface area contributed by atoms with Crippen LogP contribution in [0.15, 0.2) is 29.5 Å². The predicted molar refractivity (Wildman–Crippen MR) is 74.6 cm³/mol. The van der Waals surface area contributed by atoms with Crippen LogP contribution in [0.25, 0.3) is 0 Å². The van der Waals surface area contributed by atoms with Gasteiger partial charge in [-0.15, -0.1) is 0 Å². The average molecular weight is 264 g/mol. The van der Waals surface area contributed by atoms with Gasteiger partial charge in [0.2, 0.25) is 0 Å². The number of aromatic nitrogens is 1. The Kier molecular flexibility index (Phi) is 4.60. The van der Waals surface area contributed by atoms with Crippen molar-refractivity contribution in [2.75, 3.05) is 26.3 Å². The summed E-state index contributed by atoms with van der Waals surface area (Å²) in [5.41, 5.74) is 4.55. The van der Waals surface area contributed by atoms with Crippen molar-refractivity contribution >= 4 is 23.0 Å². The van der Waals surface area contributed by atoms with Gasteiger partial charge in [0, 0.05) is 19.3 Å². The van der Waals surface area contributed by atoms with Crippen LogP contribution in [0.4, 0.5) is 0 Å². The van der Waals surface area contributed by atoms with Crippen molar-refractivity contribution in [3.63, 3.8) is 0 Å². The molecule has 1 aromatic rings. The lowest BCUT2D eigenvalue weighted by molar-refractivity contribution is 0.0677. The molecule has 96 valence electrons. The Morgan fingerprint density at radius 2 is 2.22 bits per heavy atom. The molecule has 0 bridgehead atoms. The van der Waals surface area contributed by atoms with Crippen molar-refractivity contribution in [2.45, 2.75) is 6.92 Å². The Balaban J connectivity index is 1.91. The van der Waals surface area contributed by atoms with Crippen LogP contribution in [0.2, 0.25) is 0 Å². The maximum absolute atomic E-state index is 5.27. The minimum Gasteiger partial charge on any atom is -0.378 e. The fourth-order valence-corrected chi connectivity index (χ4v) is 1.83. The number of nitrogens with one attached hydrogen (secondary N) is 1. The molecule has 0 atom stereocenters. The van der Waals surface area contributed by atoms with Crippen molar-refractivity contribution in [1.82, 2.24) is 15.3 Å². The number of hydrazone groups is 1. The normalized spacial score (nSPS) is 16.5. The Morgan fingerprint density at radius 3 is 2.89 bits per heavy atom. The number of pyridine rings is 1. The molecule has 1 fully saturated rings. The first-order valence-corrected chi connectivity index (χ1v) is 6.26. The predicted octanol–water partition coefficient (Wildman–Crippen LogP) is 1.01.